The zero-order chi connectivity index (χ0) is 26.6. The van der Waals surface area contributed by atoms with Crippen molar-refractivity contribution < 1.29 is 32.3 Å². The van der Waals surface area contributed by atoms with E-state index in [1.807, 2.05) is 0 Å². The van der Waals surface area contributed by atoms with Crippen LogP contribution in [0, 0.1) is 5.92 Å². The number of benzene rings is 1. The van der Waals surface area contributed by atoms with Gasteiger partial charge in [-0.2, -0.15) is 13.2 Å². The largest absolute Gasteiger partial charge is 0.418 e. The molecule has 1 aromatic carbocycles. The molecule has 13 heteroatoms. The van der Waals surface area contributed by atoms with E-state index >= 15 is 0 Å². The van der Waals surface area contributed by atoms with Gasteiger partial charge in [0.1, 0.15) is 12.6 Å². The lowest BCUT2D eigenvalue weighted by Crippen LogP contribution is -2.50. The second-order valence-electron chi connectivity index (χ2n) is 8.89. The van der Waals surface area contributed by atoms with E-state index in [9.17, 15) is 27.6 Å². The van der Waals surface area contributed by atoms with Crippen molar-refractivity contribution in [1.82, 2.24) is 10.6 Å². The number of thiophene rings is 1. The van der Waals surface area contributed by atoms with Crippen LogP contribution in [0.1, 0.15) is 34.5 Å². The normalized spacial score (nSPS) is 17.3. The van der Waals surface area contributed by atoms with Crippen molar-refractivity contribution in [2.75, 3.05) is 43.1 Å². The number of halogens is 4. The van der Waals surface area contributed by atoms with Crippen molar-refractivity contribution in [2.45, 2.75) is 31.5 Å². The van der Waals surface area contributed by atoms with E-state index in [2.05, 4.69) is 16.0 Å². The number of rotatable bonds is 9. The number of nitrogens with zero attached hydrogens (tertiary/aromatic N) is 1. The maximum atomic E-state index is 13.9. The third-order valence-electron chi connectivity index (χ3n) is 6.32. The van der Waals surface area contributed by atoms with Crippen LogP contribution in [0.25, 0.3) is 0 Å². The summed E-state index contributed by atoms with van der Waals surface area (Å²) in [4.78, 5) is 39.2. The number of ether oxygens (including phenoxy) is 1. The van der Waals surface area contributed by atoms with Gasteiger partial charge in [0.05, 0.1) is 27.1 Å². The fourth-order valence-corrected chi connectivity index (χ4v) is 5.00. The highest BCUT2D eigenvalue weighted by atomic mass is 35.5. The Kier molecular flexibility index (Phi) is 8.73. The lowest BCUT2D eigenvalue weighted by atomic mass is 9.85. The van der Waals surface area contributed by atoms with Gasteiger partial charge in [0.2, 0.25) is 5.91 Å². The molecular weight excluding hydrogens is 533 g/mol. The number of morpholine rings is 1. The van der Waals surface area contributed by atoms with Crippen molar-refractivity contribution in [3.05, 3.63) is 45.1 Å². The van der Waals surface area contributed by atoms with Gasteiger partial charge >= 0.3 is 6.18 Å². The Bertz CT molecular complexity index is 1160. The van der Waals surface area contributed by atoms with Crippen LogP contribution in [0.5, 0.6) is 0 Å². The third kappa shape index (κ3) is 7.01. The Balaban J connectivity index is 1.50. The minimum absolute atomic E-state index is 0.0696. The first-order valence-corrected chi connectivity index (χ1v) is 13.0. The molecule has 2 aromatic rings. The van der Waals surface area contributed by atoms with Crippen molar-refractivity contribution in [3.63, 3.8) is 0 Å². The van der Waals surface area contributed by atoms with E-state index in [1.165, 1.54) is 11.0 Å². The fraction of sp³-hybridized carbons (Fsp3) is 0.458. The Morgan fingerprint density at radius 3 is 2.62 bits per heavy atom. The number of carbonyl (C=O) groups is 3. The fourth-order valence-electron chi connectivity index (χ4n) is 4.04. The van der Waals surface area contributed by atoms with Crippen molar-refractivity contribution in [2.24, 2.45) is 5.92 Å². The predicted octanol–water partition coefficient (Wildman–Crippen LogP) is 3.91. The minimum atomic E-state index is -4.78. The van der Waals surface area contributed by atoms with E-state index in [1.54, 1.807) is 12.1 Å². The molecule has 8 nitrogen and oxygen atoms in total. The van der Waals surface area contributed by atoms with Crippen LogP contribution >= 0.6 is 22.9 Å². The lowest BCUT2D eigenvalue weighted by molar-refractivity contribution is -0.137. The SMILES string of the molecule is O=C(NC[C@@H](NCC1CCC1)C(=O)Nc1ccc(N2CCOCC2=O)cc1C(F)(F)F)c1ccc(Cl)s1. The first kappa shape index (κ1) is 27.4. The van der Waals surface area contributed by atoms with Gasteiger partial charge in [0, 0.05) is 18.8 Å². The Hall–Kier alpha value is -2.67. The van der Waals surface area contributed by atoms with Crippen LogP contribution in [0.15, 0.2) is 30.3 Å². The number of alkyl halides is 3. The molecule has 1 aliphatic heterocycles. The van der Waals surface area contributed by atoms with Gasteiger partial charge < -0.3 is 25.6 Å². The predicted molar refractivity (Wildman–Crippen MR) is 134 cm³/mol. The molecule has 2 aliphatic rings. The molecule has 1 saturated carbocycles. The number of amides is 3. The summed E-state index contributed by atoms with van der Waals surface area (Å²) < 4.78 is 47.3. The van der Waals surface area contributed by atoms with E-state index in [0.717, 1.165) is 42.7 Å². The smallest absolute Gasteiger partial charge is 0.370 e. The van der Waals surface area contributed by atoms with E-state index < -0.39 is 41.2 Å². The van der Waals surface area contributed by atoms with Gasteiger partial charge in [-0.25, -0.2) is 0 Å². The summed E-state index contributed by atoms with van der Waals surface area (Å²) in [5, 5.41) is 8.10. The molecule has 200 valence electrons. The molecule has 0 spiro atoms. The zero-order valence-electron chi connectivity index (χ0n) is 19.7. The van der Waals surface area contributed by atoms with Crippen LogP contribution < -0.4 is 20.9 Å². The summed E-state index contributed by atoms with van der Waals surface area (Å²) in [6.45, 7) is 0.503. The first-order chi connectivity index (χ1) is 17.6. The second-order valence-corrected chi connectivity index (χ2v) is 10.6. The van der Waals surface area contributed by atoms with Crippen LogP contribution in [-0.2, 0) is 20.5 Å². The molecule has 2 heterocycles. The molecule has 4 rings (SSSR count). The van der Waals surface area contributed by atoms with Crippen molar-refractivity contribution >= 4 is 52.0 Å². The lowest BCUT2D eigenvalue weighted by Gasteiger charge is -2.29. The quantitative estimate of drug-likeness (QED) is 0.433. The summed E-state index contributed by atoms with van der Waals surface area (Å²) in [6.07, 6.45) is -1.69. The highest BCUT2D eigenvalue weighted by molar-refractivity contribution is 7.18. The summed E-state index contributed by atoms with van der Waals surface area (Å²) in [6, 6.07) is 5.49. The average molecular weight is 559 g/mol. The molecule has 0 radical (unpaired) electrons. The first-order valence-electron chi connectivity index (χ1n) is 11.8. The van der Waals surface area contributed by atoms with Crippen LogP contribution in [0.2, 0.25) is 4.34 Å². The van der Waals surface area contributed by atoms with E-state index in [-0.39, 0.29) is 32.0 Å². The van der Waals surface area contributed by atoms with Crippen molar-refractivity contribution in [3.8, 4) is 0 Å². The Morgan fingerprint density at radius 2 is 2.00 bits per heavy atom. The summed E-state index contributed by atoms with van der Waals surface area (Å²) >= 11 is 6.96. The molecule has 1 saturated heterocycles. The molecule has 1 atom stereocenters. The van der Waals surface area contributed by atoms with Crippen LogP contribution in [-0.4, -0.2) is 56.6 Å². The standard InChI is InChI=1S/C24H26ClF3N4O4S/c25-20-7-6-19(37-20)23(35)30-12-18(29-11-14-2-1-3-14)22(34)31-17-5-4-15(10-16(17)24(26,27)28)32-8-9-36-13-21(32)33/h4-7,10,14,18,29H,1-3,8-9,11-13H2,(H,30,35)(H,31,34)/t18-/m1/s1. The molecule has 3 amide bonds. The van der Waals surface area contributed by atoms with Gasteiger partial charge in [-0.05, 0) is 55.6 Å². The highest BCUT2D eigenvalue weighted by Gasteiger charge is 2.36. The molecule has 0 unspecified atom stereocenters. The van der Waals surface area contributed by atoms with Gasteiger partial charge in [0.15, 0.2) is 0 Å². The molecular formula is C24H26ClF3N4O4S. The molecule has 1 aromatic heterocycles. The van der Waals surface area contributed by atoms with E-state index in [0.29, 0.717) is 21.7 Å². The zero-order valence-corrected chi connectivity index (χ0v) is 21.3. The number of nitrogens with one attached hydrogen (secondary N) is 3. The highest BCUT2D eigenvalue weighted by Crippen LogP contribution is 2.37. The number of hydrogen-bond acceptors (Lipinski definition) is 6. The average Bonchev–Trinajstić information content (AvgIpc) is 3.26. The van der Waals surface area contributed by atoms with Gasteiger partial charge in [0.25, 0.3) is 11.8 Å². The summed E-state index contributed by atoms with van der Waals surface area (Å²) in [7, 11) is 0. The maximum Gasteiger partial charge on any atom is 0.418 e. The second kappa shape index (κ2) is 11.8. The third-order valence-corrected chi connectivity index (χ3v) is 7.55. The maximum absolute atomic E-state index is 13.9. The number of carbonyl (C=O) groups excluding carboxylic acids is 3. The van der Waals surface area contributed by atoms with E-state index in [4.69, 9.17) is 16.3 Å². The number of hydrogen-bond donors (Lipinski definition) is 3. The summed E-state index contributed by atoms with van der Waals surface area (Å²) in [5.74, 6) is -1.22. The van der Waals surface area contributed by atoms with Gasteiger partial charge in [-0.1, -0.05) is 18.0 Å². The Labute approximate surface area is 220 Å². The molecule has 2 fully saturated rings. The van der Waals surface area contributed by atoms with Crippen LogP contribution in [0.3, 0.4) is 0 Å². The van der Waals surface area contributed by atoms with Crippen molar-refractivity contribution in [1.29, 1.82) is 0 Å². The molecule has 37 heavy (non-hydrogen) atoms. The molecule has 0 bridgehead atoms. The van der Waals surface area contributed by atoms with Crippen LogP contribution in [0.4, 0.5) is 24.5 Å². The monoisotopic (exact) mass is 558 g/mol. The Morgan fingerprint density at radius 1 is 1.22 bits per heavy atom. The topological polar surface area (TPSA) is 99.8 Å². The van der Waals surface area contributed by atoms with Gasteiger partial charge in [-0.15, -0.1) is 11.3 Å². The molecule has 1 aliphatic carbocycles. The minimum Gasteiger partial charge on any atom is -0.370 e. The number of anilines is 2. The summed E-state index contributed by atoms with van der Waals surface area (Å²) in [5.41, 5.74) is -1.44. The molecule has 3 N–H and O–H groups in total. The van der Waals surface area contributed by atoms with Gasteiger partial charge in [-0.3, -0.25) is 14.4 Å².